The molecule has 3 aromatic heterocycles. The van der Waals surface area contributed by atoms with Gasteiger partial charge in [0.1, 0.15) is 17.7 Å². The molecule has 1 aliphatic carbocycles. The Morgan fingerprint density at radius 1 is 1.17 bits per heavy atom. The molecule has 2 saturated heterocycles. The van der Waals surface area contributed by atoms with E-state index in [2.05, 4.69) is 34.7 Å². The number of halogens is 2. The number of anilines is 1. The standard InChI is InChI=1S/C29H32F2N10O4S2/c1-17-12-39(13-18(2)40(17)22(42)14-38-7-9-45-10-8-38)25-23-20-4-3-19(47(43,44)37-29(15-32)5-6-29)11-21(20)41(26(23)34-16-33-25)28-36-35-27(46-28)24(30)31/h3-4,11,16-18,24,37H,5-10,12-14H2,1-2H3/t17-,18+. The fraction of sp³-hybridized carbons (Fsp3) is 0.517. The summed E-state index contributed by atoms with van der Waals surface area (Å²) in [6.07, 6.45) is -0.649. The number of fused-ring (bicyclic) bond motifs is 3. The van der Waals surface area contributed by atoms with E-state index in [9.17, 15) is 27.3 Å². The van der Waals surface area contributed by atoms with Gasteiger partial charge in [-0.3, -0.25) is 14.3 Å². The molecule has 3 fully saturated rings. The van der Waals surface area contributed by atoms with Crippen molar-refractivity contribution in [2.45, 2.75) is 55.6 Å². The second-order valence-corrected chi connectivity index (χ2v) is 14.9. The number of nitrogens with one attached hydrogen (secondary N) is 1. The zero-order chi connectivity index (χ0) is 33.1. The van der Waals surface area contributed by atoms with E-state index in [0.717, 1.165) is 0 Å². The summed E-state index contributed by atoms with van der Waals surface area (Å²) in [4.78, 5) is 28.6. The minimum absolute atomic E-state index is 0.0498. The van der Waals surface area contributed by atoms with E-state index >= 15 is 0 Å². The number of aromatic nitrogens is 5. The summed E-state index contributed by atoms with van der Waals surface area (Å²) in [6, 6.07) is 6.22. The molecule has 47 heavy (non-hydrogen) atoms. The van der Waals surface area contributed by atoms with Crippen molar-refractivity contribution in [1.82, 2.24) is 39.3 Å². The lowest BCUT2D eigenvalue weighted by Gasteiger charge is -2.45. The van der Waals surface area contributed by atoms with Crippen molar-refractivity contribution in [3.05, 3.63) is 29.5 Å². The van der Waals surface area contributed by atoms with E-state index in [1.807, 2.05) is 24.8 Å². The van der Waals surface area contributed by atoms with E-state index < -0.39 is 27.0 Å². The summed E-state index contributed by atoms with van der Waals surface area (Å²) < 4.78 is 63.3. The van der Waals surface area contributed by atoms with Crippen LogP contribution in [0.1, 0.15) is 38.1 Å². The molecular weight excluding hydrogens is 655 g/mol. The summed E-state index contributed by atoms with van der Waals surface area (Å²) in [5.74, 6) is 0.611. The summed E-state index contributed by atoms with van der Waals surface area (Å²) in [7, 11) is -4.11. The number of carbonyl (C=O) groups excluding carboxylic acids is 1. The molecule has 0 bridgehead atoms. The van der Waals surface area contributed by atoms with Crippen LogP contribution in [0.15, 0.2) is 29.4 Å². The van der Waals surface area contributed by atoms with E-state index in [-0.39, 0.29) is 28.0 Å². The number of carbonyl (C=O) groups is 1. The smallest absolute Gasteiger partial charge is 0.291 e. The van der Waals surface area contributed by atoms with Crippen molar-refractivity contribution < 1.29 is 26.7 Å². The lowest BCUT2D eigenvalue weighted by atomic mass is 10.1. The molecule has 18 heteroatoms. The van der Waals surface area contributed by atoms with Gasteiger partial charge < -0.3 is 14.5 Å². The first-order valence-corrected chi connectivity index (χ1v) is 17.5. The molecule has 0 spiro atoms. The average molecular weight is 687 g/mol. The van der Waals surface area contributed by atoms with Crippen LogP contribution in [-0.2, 0) is 19.6 Å². The lowest BCUT2D eigenvalue weighted by Crippen LogP contribution is -2.60. The van der Waals surface area contributed by atoms with Crippen LogP contribution in [0.5, 0.6) is 0 Å². The van der Waals surface area contributed by atoms with Crippen LogP contribution in [0.4, 0.5) is 14.6 Å². The molecule has 0 unspecified atom stereocenters. The minimum Gasteiger partial charge on any atom is -0.379 e. The fourth-order valence-electron chi connectivity index (χ4n) is 6.50. The van der Waals surface area contributed by atoms with Crippen molar-refractivity contribution in [2.75, 3.05) is 50.8 Å². The Kier molecular flexibility index (Phi) is 8.07. The topological polar surface area (TPSA) is 162 Å². The first-order chi connectivity index (χ1) is 22.5. The van der Waals surface area contributed by atoms with Crippen LogP contribution in [0.3, 0.4) is 0 Å². The van der Waals surface area contributed by atoms with E-state index in [1.54, 1.807) is 6.07 Å². The molecule has 2 atom stereocenters. The monoisotopic (exact) mass is 686 g/mol. The second kappa shape index (κ2) is 12.0. The number of nitrogens with zero attached hydrogens (tertiary/aromatic N) is 9. The Balaban J connectivity index is 1.29. The van der Waals surface area contributed by atoms with Gasteiger partial charge in [0.05, 0.1) is 41.6 Å². The van der Waals surface area contributed by atoms with E-state index in [0.29, 0.717) is 97.9 Å². The number of hydrogen-bond acceptors (Lipinski definition) is 12. The van der Waals surface area contributed by atoms with Gasteiger partial charge in [0.15, 0.2) is 10.7 Å². The quantitative estimate of drug-likeness (QED) is 0.290. The number of alkyl halides is 2. The highest BCUT2D eigenvalue weighted by molar-refractivity contribution is 7.89. The van der Waals surface area contributed by atoms with Gasteiger partial charge in [-0.25, -0.2) is 27.2 Å². The van der Waals surface area contributed by atoms with Crippen molar-refractivity contribution >= 4 is 55.0 Å². The lowest BCUT2D eigenvalue weighted by molar-refractivity contribution is -0.138. The molecule has 248 valence electrons. The Bertz CT molecular complexity index is 1990. The van der Waals surface area contributed by atoms with Gasteiger partial charge in [-0.15, -0.1) is 10.2 Å². The highest BCUT2D eigenvalue weighted by atomic mass is 32.2. The molecule has 2 aliphatic heterocycles. The SMILES string of the molecule is C[C@@H]1CN(c2ncnc3c2c2ccc(S(=O)(=O)NC4(C#N)CC4)cc2n3-c2nnc(C(F)F)s2)C[C@H](C)N1C(=O)CN1CCOCC1. The Morgan fingerprint density at radius 3 is 2.53 bits per heavy atom. The van der Waals surface area contributed by atoms with Crippen LogP contribution >= 0.6 is 11.3 Å². The number of morpholine rings is 1. The largest absolute Gasteiger partial charge is 0.379 e. The summed E-state index contributed by atoms with van der Waals surface area (Å²) in [6.45, 7) is 7.88. The highest BCUT2D eigenvalue weighted by Gasteiger charge is 2.47. The Morgan fingerprint density at radius 2 is 1.89 bits per heavy atom. The van der Waals surface area contributed by atoms with Gasteiger partial charge >= 0.3 is 0 Å². The molecule has 1 amide bonds. The van der Waals surface area contributed by atoms with Crippen LogP contribution < -0.4 is 9.62 Å². The summed E-state index contributed by atoms with van der Waals surface area (Å²) >= 11 is 0.678. The number of ether oxygens (including phenoxy) is 1. The van der Waals surface area contributed by atoms with Gasteiger partial charge in [-0.1, -0.05) is 17.4 Å². The van der Waals surface area contributed by atoms with Crippen LogP contribution in [-0.4, -0.2) is 112 Å². The maximum atomic E-state index is 13.6. The maximum Gasteiger partial charge on any atom is 0.291 e. The fourth-order valence-corrected chi connectivity index (χ4v) is 8.61. The third kappa shape index (κ3) is 5.80. The number of benzene rings is 1. The van der Waals surface area contributed by atoms with Crippen molar-refractivity contribution in [3.8, 4) is 11.2 Å². The van der Waals surface area contributed by atoms with E-state index in [4.69, 9.17) is 4.74 Å². The molecule has 5 heterocycles. The minimum atomic E-state index is -4.11. The Labute approximate surface area is 273 Å². The first kappa shape index (κ1) is 31.7. The zero-order valence-electron chi connectivity index (χ0n) is 25.6. The third-order valence-corrected chi connectivity index (χ3v) is 11.3. The van der Waals surface area contributed by atoms with Gasteiger partial charge in [0.25, 0.3) is 6.43 Å². The predicted molar refractivity (Wildman–Crippen MR) is 168 cm³/mol. The van der Waals surface area contributed by atoms with Gasteiger partial charge in [0.2, 0.25) is 21.1 Å². The molecule has 0 radical (unpaired) electrons. The normalized spacial score (nSPS) is 21.9. The number of amides is 1. The first-order valence-electron chi connectivity index (χ1n) is 15.2. The average Bonchev–Trinajstić information content (AvgIpc) is 3.48. The highest BCUT2D eigenvalue weighted by Crippen LogP contribution is 2.40. The number of sulfonamides is 1. The molecule has 1 saturated carbocycles. The second-order valence-electron chi connectivity index (χ2n) is 12.2. The molecule has 1 aromatic carbocycles. The molecule has 3 aliphatic rings. The van der Waals surface area contributed by atoms with Crippen LogP contribution in [0.25, 0.3) is 27.1 Å². The van der Waals surface area contributed by atoms with Gasteiger partial charge in [-0.2, -0.15) is 9.98 Å². The van der Waals surface area contributed by atoms with Crippen LogP contribution in [0, 0.1) is 11.3 Å². The van der Waals surface area contributed by atoms with Gasteiger partial charge in [0, 0.05) is 43.6 Å². The zero-order valence-corrected chi connectivity index (χ0v) is 27.3. The molecule has 1 N–H and O–H groups in total. The van der Waals surface area contributed by atoms with Gasteiger partial charge in [-0.05, 0) is 38.8 Å². The molecule has 14 nitrogen and oxygen atoms in total. The molecular formula is C29H32F2N10O4S2. The number of rotatable bonds is 8. The number of piperazine rings is 1. The van der Waals surface area contributed by atoms with Crippen LogP contribution in [0.2, 0.25) is 0 Å². The third-order valence-electron chi connectivity index (χ3n) is 8.88. The Hall–Kier alpha value is -3.89. The molecule has 4 aromatic rings. The maximum absolute atomic E-state index is 13.6. The van der Waals surface area contributed by atoms with Crippen molar-refractivity contribution in [3.63, 3.8) is 0 Å². The summed E-state index contributed by atoms with van der Waals surface area (Å²) in [5, 5.41) is 17.9. The number of nitriles is 1. The van der Waals surface area contributed by atoms with Crippen molar-refractivity contribution in [1.29, 1.82) is 5.26 Å². The summed E-state index contributed by atoms with van der Waals surface area (Å²) in [5.41, 5.74) is -0.445. The van der Waals surface area contributed by atoms with E-state index in [1.165, 1.54) is 23.0 Å². The number of hydrogen-bond donors (Lipinski definition) is 1. The molecule has 7 rings (SSSR count). The van der Waals surface area contributed by atoms with Crippen molar-refractivity contribution in [2.24, 2.45) is 0 Å². The predicted octanol–water partition coefficient (Wildman–Crippen LogP) is 2.46.